The summed E-state index contributed by atoms with van der Waals surface area (Å²) in [6.07, 6.45) is 2.16. The van der Waals surface area contributed by atoms with Crippen LogP contribution < -0.4 is 10.1 Å². The van der Waals surface area contributed by atoms with Crippen LogP contribution in [0.4, 0.5) is 0 Å². The maximum atomic E-state index is 5.94. The topological polar surface area (TPSA) is 21.3 Å². The smallest absolute Gasteiger partial charge is 0.123 e. The van der Waals surface area contributed by atoms with Gasteiger partial charge in [0.25, 0.3) is 0 Å². The summed E-state index contributed by atoms with van der Waals surface area (Å²) in [6.45, 7) is 2.96. The first-order valence-electron chi connectivity index (χ1n) is 5.70. The zero-order valence-electron chi connectivity index (χ0n) is 9.79. The van der Waals surface area contributed by atoms with E-state index in [1.807, 2.05) is 6.07 Å². The van der Waals surface area contributed by atoms with E-state index in [9.17, 15) is 0 Å². The number of aryl methyl sites for hydroxylation is 1. The number of benzene rings is 1. The lowest BCUT2D eigenvalue weighted by molar-refractivity contribution is 0.340. The Labute approximate surface area is 102 Å². The Morgan fingerprint density at radius 1 is 1.44 bits per heavy atom. The molecule has 0 spiro atoms. The van der Waals surface area contributed by atoms with Crippen molar-refractivity contribution in [1.29, 1.82) is 0 Å². The third-order valence-corrected chi connectivity index (χ3v) is 3.45. The molecule has 1 aliphatic rings. The molecule has 1 N–H and O–H groups in total. The Morgan fingerprint density at radius 3 is 2.81 bits per heavy atom. The Balaban J connectivity index is 1.94. The van der Waals surface area contributed by atoms with E-state index in [0.717, 1.165) is 25.1 Å². The highest BCUT2D eigenvalue weighted by atomic mass is 35.5. The van der Waals surface area contributed by atoms with Crippen LogP contribution in [0.15, 0.2) is 18.2 Å². The predicted octanol–water partition coefficient (Wildman–Crippen LogP) is 2.86. The van der Waals surface area contributed by atoms with Crippen LogP contribution in [0.1, 0.15) is 24.0 Å². The fourth-order valence-electron chi connectivity index (χ4n) is 2.01. The molecule has 1 aliphatic carbocycles. The summed E-state index contributed by atoms with van der Waals surface area (Å²) in [4.78, 5) is 0. The van der Waals surface area contributed by atoms with Gasteiger partial charge in [-0.15, -0.1) is 11.6 Å². The van der Waals surface area contributed by atoms with Gasteiger partial charge in [0.2, 0.25) is 0 Å². The van der Waals surface area contributed by atoms with Crippen LogP contribution in [0, 0.1) is 6.92 Å². The van der Waals surface area contributed by atoms with E-state index >= 15 is 0 Å². The molecular formula is C13H18ClNO. The molecule has 0 unspecified atom stereocenters. The van der Waals surface area contributed by atoms with E-state index in [1.54, 1.807) is 7.11 Å². The zero-order chi connectivity index (χ0) is 11.5. The number of methoxy groups -OCH3 is 1. The average molecular weight is 240 g/mol. The molecule has 0 heterocycles. The Kier molecular flexibility index (Phi) is 3.72. The van der Waals surface area contributed by atoms with Gasteiger partial charge in [-0.05, 0) is 25.8 Å². The van der Waals surface area contributed by atoms with Crippen LogP contribution in [0.25, 0.3) is 0 Å². The van der Waals surface area contributed by atoms with Crippen molar-refractivity contribution < 1.29 is 4.74 Å². The lowest BCUT2D eigenvalue weighted by Gasteiger charge is -2.32. The SMILES string of the molecule is COc1ccc(C)cc1CNC1CC(Cl)C1. The molecular weight excluding hydrogens is 222 g/mol. The van der Waals surface area contributed by atoms with Gasteiger partial charge in [0.15, 0.2) is 0 Å². The van der Waals surface area contributed by atoms with Crippen LogP contribution in [-0.2, 0) is 6.54 Å². The third kappa shape index (κ3) is 2.69. The van der Waals surface area contributed by atoms with Gasteiger partial charge in [0, 0.05) is 23.5 Å². The van der Waals surface area contributed by atoms with Gasteiger partial charge in [-0.25, -0.2) is 0 Å². The largest absolute Gasteiger partial charge is 0.496 e. The highest BCUT2D eigenvalue weighted by Gasteiger charge is 2.26. The number of hydrogen-bond acceptors (Lipinski definition) is 2. The maximum absolute atomic E-state index is 5.94. The minimum atomic E-state index is 0.372. The first-order chi connectivity index (χ1) is 7.69. The van der Waals surface area contributed by atoms with E-state index in [4.69, 9.17) is 16.3 Å². The van der Waals surface area contributed by atoms with Crippen molar-refractivity contribution in [2.45, 2.75) is 37.7 Å². The molecule has 0 atom stereocenters. The fraction of sp³-hybridized carbons (Fsp3) is 0.538. The Hall–Kier alpha value is -0.730. The number of nitrogens with one attached hydrogen (secondary N) is 1. The van der Waals surface area contributed by atoms with Crippen LogP contribution in [-0.4, -0.2) is 18.5 Å². The summed E-state index contributed by atoms with van der Waals surface area (Å²) in [7, 11) is 1.71. The van der Waals surface area contributed by atoms with E-state index in [-0.39, 0.29) is 0 Å². The number of alkyl halides is 1. The molecule has 0 amide bonds. The van der Waals surface area contributed by atoms with Crippen molar-refractivity contribution in [3.8, 4) is 5.75 Å². The van der Waals surface area contributed by atoms with Gasteiger partial charge in [0.05, 0.1) is 7.11 Å². The van der Waals surface area contributed by atoms with Gasteiger partial charge in [0.1, 0.15) is 5.75 Å². The second-order valence-electron chi connectivity index (χ2n) is 4.46. The molecule has 0 saturated heterocycles. The summed E-state index contributed by atoms with van der Waals surface area (Å²) in [6, 6.07) is 6.84. The van der Waals surface area contributed by atoms with Crippen molar-refractivity contribution in [1.82, 2.24) is 5.32 Å². The normalized spacial score (nSPS) is 23.9. The number of hydrogen-bond donors (Lipinski definition) is 1. The molecule has 1 aromatic carbocycles. The summed E-state index contributed by atoms with van der Waals surface area (Å²) >= 11 is 5.94. The van der Waals surface area contributed by atoms with Crippen LogP contribution in [0.3, 0.4) is 0 Å². The van der Waals surface area contributed by atoms with E-state index in [2.05, 4.69) is 24.4 Å². The fourth-order valence-corrected chi connectivity index (χ4v) is 2.45. The molecule has 1 saturated carbocycles. The van der Waals surface area contributed by atoms with Gasteiger partial charge in [-0.2, -0.15) is 0 Å². The first-order valence-corrected chi connectivity index (χ1v) is 6.13. The van der Waals surface area contributed by atoms with Crippen LogP contribution in [0.2, 0.25) is 0 Å². The maximum Gasteiger partial charge on any atom is 0.123 e. The molecule has 1 aromatic rings. The number of ether oxygens (including phenoxy) is 1. The highest BCUT2D eigenvalue weighted by molar-refractivity contribution is 6.21. The van der Waals surface area contributed by atoms with Gasteiger partial charge >= 0.3 is 0 Å². The molecule has 16 heavy (non-hydrogen) atoms. The van der Waals surface area contributed by atoms with Crippen LogP contribution >= 0.6 is 11.6 Å². The molecule has 0 radical (unpaired) electrons. The lowest BCUT2D eigenvalue weighted by Crippen LogP contribution is -2.41. The van der Waals surface area contributed by atoms with Gasteiger partial charge in [-0.1, -0.05) is 17.7 Å². The summed E-state index contributed by atoms with van der Waals surface area (Å²) in [5.74, 6) is 0.958. The molecule has 88 valence electrons. The Morgan fingerprint density at radius 2 is 2.19 bits per heavy atom. The quantitative estimate of drug-likeness (QED) is 0.816. The van der Waals surface area contributed by atoms with E-state index in [0.29, 0.717) is 11.4 Å². The van der Waals surface area contributed by atoms with Crippen molar-refractivity contribution in [3.05, 3.63) is 29.3 Å². The molecule has 3 heteroatoms. The second kappa shape index (κ2) is 5.07. The van der Waals surface area contributed by atoms with E-state index in [1.165, 1.54) is 11.1 Å². The highest BCUT2D eigenvalue weighted by Crippen LogP contribution is 2.26. The monoisotopic (exact) mass is 239 g/mol. The summed E-state index contributed by atoms with van der Waals surface area (Å²) in [5.41, 5.74) is 2.49. The molecule has 1 fully saturated rings. The summed E-state index contributed by atoms with van der Waals surface area (Å²) < 4.78 is 5.34. The molecule has 2 rings (SSSR count). The van der Waals surface area contributed by atoms with Crippen molar-refractivity contribution in [2.24, 2.45) is 0 Å². The summed E-state index contributed by atoms with van der Waals surface area (Å²) in [5, 5.41) is 3.88. The third-order valence-electron chi connectivity index (χ3n) is 3.10. The van der Waals surface area contributed by atoms with Crippen molar-refractivity contribution in [3.63, 3.8) is 0 Å². The number of halogens is 1. The average Bonchev–Trinajstić information content (AvgIpc) is 2.23. The standard InChI is InChI=1S/C13H18ClNO/c1-9-3-4-13(16-2)10(5-9)8-15-12-6-11(14)7-12/h3-5,11-12,15H,6-8H2,1-2H3. The van der Waals surface area contributed by atoms with Gasteiger partial charge < -0.3 is 10.1 Å². The first kappa shape index (κ1) is 11.7. The molecule has 0 bridgehead atoms. The molecule has 0 aliphatic heterocycles. The molecule has 2 nitrogen and oxygen atoms in total. The minimum Gasteiger partial charge on any atom is -0.496 e. The van der Waals surface area contributed by atoms with Gasteiger partial charge in [-0.3, -0.25) is 0 Å². The van der Waals surface area contributed by atoms with E-state index < -0.39 is 0 Å². The lowest BCUT2D eigenvalue weighted by atomic mass is 9.92. The number of rotatable bonds is 4. The van der Waals surface area contributed by atoms with Crippen LogP contribution in [0.5, 0.6) is 5.75 Å². The predicted molar refractivity (Wildman–Crippen MR) is 67.2 cm³/mol. The minimum absolute atomic E-state index is 0.372. The van der Waals surface area contributed by atoms with Crippen molar-refractivity contribution in [2.75, 3.05) is 7.11 Å². The molecule has 0 aromatic heterocycles. The van der Waals surface area contributed by atoms with Crippen molar-refractivity contribution >= 4 is 11.6 Å². The zero-order valence-corrected chi connectivity index (χ0v) is 10.6. The second-order valence-corrected chi connectivity index (χ2v) is 5.08. The Bertz CT molecular complexity index is 361.